The van der Waals surface area contributed by atoms with Crippen LogP contribution in [0, 0.1) is 41.4 Å². The average Bonchev–Trinajstić information content (AvgIpc) is 3.83. The number of hydrogen-bond acceptors (Lipinski definition) is 2. The van der Waals surface area contributed by atoms with Crippen molar-refractivity contribution >= 4 is 17.1 Å². The van der Waals surface area contributed by atoms with Crippen LogP contribution in [0.4, 0.5) is 17.1 Å². The SMILES string of the molecule is CCC1CC2CCC(C2)C12OC1(c3ccc(-c4ccc(N(c5ccc(-c6ccccc6)cc5)c5ccccc5-c5ccccc5)cc4)cc32)C2CC3CC(C2)CC1C3. The van der Waals surface area contributed by atoms with Crippen LogP contribution in [0.3, 0.4) is 0 Å². The Bertz CT molecular complexity index is 2420. The van der Waals surface area contributed by atoms with Gasteiger partial charge in [0, 0.05) is 16.9 Å². The Morgan fingerprint density at radius 3 is 1.67 bits per heavy atom. The van der Waals surface area contributed by atoms with Crippen LogP contribution in [0.25, 0.3) is 33.4 Å². The van der Waals surface area contributed by atoms with Gasteiger partial charge in [-0.2, -0.15) is 0 Å². The van der Waals surface area contributed by atoms with Gasteiger partial charge in [0.1, 0.15) is 11.2 Å². The summed E-state index contributed by atoms with van der Waals surface area (Å²) in [5.41, 5.74) is 14.0. The van der Waals surface area contributed by atoms with Crippen LogP contribution in [0.1, 0.15) is 82.3 Å². The van der Waals surface area contributed by atoms with Gasteiger partial charge in [-0.25, -0.2) is 0 Å². The Hall–Kier alpha value is -4.92. The summed E-state index contributed by atoms with van der Waals surface area (Å²) in [6.45, 7) is 2.46. The lowest BCUT2D eigenvalue weighted by Gasteiger charge is -2.61. The molecule has 1 aliphatic heterocycles. The van der Waals surface area contributed by atoms with Crippen LogP contribution in [0.5, 0.6) is 0 Å². The molecule has 6 bridgehead atoms. The summed E-state index contributed by atoms with van der Waals surface area (Å²) in [7, 11) is 0. The number of ether oxygens (including phenoxy) is 1. The summed E-state index contributed by atoms with van der Waals surface area (Å²) >= 11 is 0. The molecular formula is C56H55NO. The molecule has 0 amide bonds. The maximum atomic E-state index is 8.18. The molecule has 2 heteroatoms. The smallest absolute Gasteiger partial charge is 0.100 e. The highest BCUT2D eigenvalue weighted by Gasteiger charge is 2.69. The fraction of sp³-hybridized carbons (Fsp3) is 0.357. The number of fused-ring (bicyclic) bond motifs is 5. The van der Waals surface area contributed by atoms with Crippen LogP contribution in [-0.2, 0) is 15.9 Å². The van der Waals surface area contributed by atoms with Crippen molar-refractivity contribution < 1.29 is 4.74 Å². The van der Waals surface area contributed by atoms with Gasteiger partial charge in [-0.1, -0.05) is 135 Å². The van der Waals surface area contributed by atoms with E-state index in [1.807, 2.05) is 0 Å². The highest BCUT2D eigenvalue weighted by Crippen LogP contribution is 2.72. The molecular weight excluding hydrogens is 703 g/mol. The van der Waals surface area contributed by atoms with Crippen LogP contribution >= 0.6 is 0 Å². The van der Waals surface area contributed by atoms with Crippen LogP contribution in [-0.4, -0.2) is 0 Å². The summed E-state index contributed by atoms with van der Waals surface area (Å²) < 4.78 is 8.18. The molecule has 0 aromatic heterocycles. The molecule has 4 unspecified atom stereocenters. The van der Waals surface area contributed by atoms with Crippen LogP contribution < -0.4 is 4.90 Å². The maximum absolute atomic E-state index is 8.18. The van der Waals surface area contributed by atoms with E-state index in [0.717, 1.165) is 29.1 Å². The molecule has 2 spiro atoms. The van der Waals surface area contributed by atoms with Gasteiger partial charge in [-0.3, -0.25) is 0 Å². The Labute approximate surface area is 345 Å². The average molecular weight is 758 g/mol. The number of para-hydroxylation sites is 1. The first-order chi connectivity index (χ1) is 28.6. The summed E-state index contributed by atoms with van der Waals surface area (Å²) in [6.07, 6.45) is 13.7. The van der Waals surface area contributed by atoms with Gasteiger partial charge in [0.2, 0.25) is 0 Å². The van der Waals surface area contributed by atoms with E-state index < -0.39 is 0 Å². The first kappa shape index (κ1) is 35.1. The second-order valence-corrected chi connectivity index (χ2v) is 19.1. The van der Waals surface area contributed by atoms with Gasteiger partial charge in [0.15, 0.2) is 0 Å². The van der Waals surface area contributed by atoms with Crippen molar-refractivity contribution in [2.75, 3.05) is 4.90 Å². The van der Waals surface area contributed by atoms with Gasteiger partial charge >= 0.3 is 0 Å². The fourth-order valence-corrected chi connectivity index (χ4v) is 14.1. The van der Waals surface area contributed by atoms with Crippen molar-refractivity contribution in [3.05, 3.63) is 163 Å². The molecule has 1 heterocycles. The summed E-state index contributed by atoms with van der Waals surface area (Å²) in [6, 6.07) is 56.6. The third kappa shape index (κ3) is 5.26. The summed E-state index contributed by atoms with van der Waals surface area (Å²) in [5, 5.41) is 0. The van der Waals surface area contributed by atoms with Crippen molar-refractivity contribution in [1.29, 1.82) is 0 Å². The van der Waals surface area contributed by atoms with Crippen LogP contribution in [0.2, 0.25) is 0 Å². The van der Waals surface area contributed by atoms with E-state index in [0.29, 0.717) is 23.7 Å². The lowest BCUT2D eigenvalue weighted by molar-refractivity contribution is -0.283. The minimum absolute atomic E-state index is 0.0727. The van der Waals surface area contributed by atoms with Crippen molar-refractivity contribution in [3.63, 3.8) is 0 Å². The lowest BCUT2D eigenvalue weighted by atomic mass is 9.48. The minimum Gasteiger partial charge on any atom is -0.358 e. The van der Waals surface area contributed by atoms with E-state index in [-0.39, 0.29) is 11.2 Å². The second kappa shape index (κ2) is 13.6. The summed E-state index contributed by atoms with van der Waals surface area (Å²) in [4.78, 5) is 2.44. The molecule has 0 saturated heterocycles. The molecule has 6 aromatic carbocycles. The van der Waals surface area contributed by atoms with Crippen molar-refractivity contribution in [1.82, 2.24) is 0 Å². The number of hydrogen-bond donors (Lipinski definition) is 0. The number of rotatable bonds is 7. The van der Waals surface area contributed by atoms with E-state index in [2.05, 4.69) is 163 Å². The van der Waals surface area contributed by atoms with Crippen LogP contribution in [0.15, 0.2) is 152 Å². The topological polar surface area (TPSA) is 12.5 Å². The predicted molar refractivity (Wildman–Crippen MR) is 238 cm³/mol. The van der Waals surface area contributed by atoms with E-state index in [1.54, 1.807) is 11.1 Å². The van der Waals surface area contributed by atoms with Crippen molar-refractivity contribution in [2.45, 2.75) is 82.3 Å². The summed E-state index contributed by atoms with van der Waals surface area (Å²) in [5.74, 6) is 5.39. The molecule has 13 rings (SSSR count). The standard InChI is InChI=1S/C56H55NO/c1-2-45-30-37-17-23-46(31-37)55(45)53-36-44(22-28-52(53)56(58-55)47-32-38-29-39(34-47)35-48(56)33-38)42-20-26-50(27-21-42)57(49-24-18-41(19-25-49)40-11-5-3-6-12-40)54-16-10-9-15-51(54)43-13-7-4-8-14-43/h3-16,18-22,24-28,36-39,45-48H,2,17,23,29-35H2,1H3. The highest BCUT2D eigenvalue weighted by atomic mass is 16.5. The molecule has 290 valence electrons. The number of nitrogens with zero attached hydrogens (tertiary/aromatic N) is 1. The molecule has 7 aliphatic rings. The van der Waals surface area contributed by atoms with Gasteiger partial charge in [0.25, 0.3) is 0 Å². The van der Waals surface area contributed by atoms with Gasteiger partial charge in [-0.05, 0) is 168 Å². The monoisotopic (exact) mass is 757 g/mol. The molecule has 58 heavy (non-hydrogen) atoms. The third-order valence-corrected chi connectivity index (χ3v) is 16.3. The van der Waals surface area contributed by atoms with E-state index in [4.69, 9.17) is 4.74 Å². The molecule has 2 nitrogen and oxygen atoms in total. The maximum Gasteiger partial charge on any atom is 0.100 e. The lowest BCUT2D eigenvalue weighted by Crippen LogP contribution is -2.57. The minimum atomic E-state index is -0.133. The van der Waals surface area contributed by atoms with Gasteiger partial charge in [0.05, 0.1) is 5.69 Å². The molecule has 4 atom stereocenters. The molecule has 6 aliphatic carbocycles. The predicted octanol–water partition coefficient (Wildman–Crippen LogP) is 14.9. The molecule has 0 radical (unpaired) electrons. The van der Waals surface area contributed by atoms with Gasteiger partial charge < -0.3 is 9.64 Å². The first-order valence-electron chi connectivity index (χ1n) is 22.7. The Morgan fingerprint density at radius 1 is 0.466 bits per heavy atom. The zero-order valence-electron chi connectivity index (χ0n) is 33.9. The zero-order chi connectivity index (χ0) is 38.4. The Kier molecular flexibility index (Phi) is 8.20. The quantitative estimate of drug-likeness (QED) is 0.161. The molecule has 6 fully saturated rings. The fourth-order valence-electron chi connectivity index (χ4n) is 14.1. The Balaban J connectivity index is 0.961. The Morgan fingerprint density at radius 2 is 1.02 bits per heavy atom. The van der Waals surface area contributed by atoms with E-state index in [1.165, 1.54) is 103 Å². The van der Waals surface area contributed by atoms with E-state index >= 15 is 0 Å². The van der Waals surface area contributed by atoms with Gasteiger partial charge in [-0.15, -0.1) is 0 Å². The highest BCUT2D eigenvalue weighted by molar-refractivity contribution is 5.89. The third-order valence-electron chi connectivity index (χ3n) is 16.3. The first-order valence-corrected chi connectivity index (χ1v) is 22.7. The molecule has 6 aromatic rings. The van der Waals surface area contributed by atoms with E-state index in [9.17, 15) is 0 Å². The molecule has 0 N–H and O–H groups in total. The van der Waals surface area contributed by atoms with Crippen molar-refractivity contribution in [3.8, 4) is 33.4 Å². The van der Waals surface area contributed by atoms with Crippen molar-refractivity contribution in [2.24, 2.45) is 41.4 Å². The largest absolute Gasteiger partial charge is 0.358 e. The number of benzene rings is 6. The zero-order valence-corrected chi connectivity index (χ0v) is 33.9. The number of anilines is 3. The normalized spacial score (nSPS) is 31.2. The molecule has 6 saturated carbocycles. The second-order valence-electron chi connectivity index (χ2n) is 19.1.